The highest BCUT2D eigenvalue weighted by molar-refractivity contribution is 5.73. The van der Waals surface area contributed by atoms with Crippen molar-refractivity contribution in [2.45, 2.75) is 46.6 Å². The van der Waals surface area contributed by atoms with Crippen LogP contribution in [0.25, 0.3) is 11.3 Å². The number of aryl methyl sites for hydroxylation is 2. The Hall–Kier alpha value is -1.84. The monoisotopic (exact) mass is 275 g/mol. The highest BCUT2D eigenvalue weighted by Gasteiger charge is 2.16. The van der Waals surface area contributed by atoms with Crippen LogP contribution in [0.5, 0.6) is 0 Å². The van der Waals surface area contributed by atoms with Gasteiger partial charge in [0.25, 0.3) is 0 Å². The molecule has 4 heteroatoms. The Bertz CT molecular complexity index is 602. The number of nitrogens with zero attached hydrogens (tertiary/aromatic N) is 2. The number of benzene rings is 1. The first-order chi connectivity index (χ1) is 9.58. The van der Waals surface area contributed by atoms with Crippen molar-refractivity contribution >= 4 is 5.82 Å². The van der Waals surface area contributed by atoms with E-state index < -0.39 is 0 Å². The maximum atomic E-state index is 13.5. The van der Waals surface area contributed by atoms with Crippen LogP contribution in [-0.4, -0.2) is 9.55 Å². The van der Waals surface area contributed by atoms with E-state index in [4.69, 9.17) is 5.73 Å². The minimum atomic E-state index is -0.258. The third-order valence-electron chi connectivity index (χ3n) is 3.59. The summed E-state index contributed by atoms with van der Waals surface area (Å²) < 4.78 is 15.5. The minimum Gasteiger partial charge on any atom is -0.383 e. The highest BCUT2D eigenvalue weighted by Crippen LogP contribution is 2.30. The summed E-state index contributed by atoms with van der Waals surface area (Å²) >= 11 is 0. The lowest BCUT2D eigenvalue weighted by Crippen LogP contribution is -2.06. The first kappa shape index (κ1) is 14.6. The van der Waals surface area contributed by atoms with Gasteiger partial charge in [0.15, 0.2) is 0 Å². The lowest BCUT2D eigenvalue weighted by Gasteiger charge is -2.08. The fraction of sp³-hybridized carbons (Fsp3) is 0.438. The molecule has 0 aliphatic heterocycles. The molecule has 0 aliphatic carbocycles. The third-order valence-corrected chi connectivity index (χ3v) is 3.59. The number of halogens is 1. The van der Waals surface area contributed by atoms with Crippen LogP contribution < -0.4 is 5.73 Å². The molecule has 1 aromatic carbocycles. The van der Waals surface area contributed by atoms with Gasteiger partial charge in [-0.3, -0.25) is 0 Å². The van der Waals surface area contributed by atoms with Crippen molar-refractivity contribution in [3.8, 4) is 11.3 Å². The van der Waals surface area contributed by atoms with Crippen molar-refractivity contribution in [2.75, 3.05) is 5.73 Å². The van der Waals surface area contributed by atoms with Crippen LogP contribution in [0.15, 0.2) is 18.2 Å². The standard InChI is InChI=1S/C16H22FN3/c1-4-6-9-20-14(5-2)19-15(16(20)18)13-10-12(17)8-7-11(13)3/h7-8,10H,4-6,9,18H2,1-3H3. The summed E-state index contributed by atoms with van der Waals surface area (Å²) in [7, 11) is 0. The third kappa shape index (κ3) is 2.69. The number of hydrogen-bond acceptors (Lipinski definition) is 2. The molecule has 0 aliphatic rings. The van der Waals surface area contributed by atoms with Gasteiger partial charge in [0, 0.05) is 18.5 Å². The molecule has 20 heavy (non-hydrogen) atoms. The largest absolute Gasteiger partial charge is 0.383 e. The molecule has 1 aromatic heterocycles. The number of imidazole rings is 1. The SMILES string of the molecule is CCCCn1c(CC)nc(-c2cc(F)ccc2C)c1N. The lowest BCUT2D eigenvalue weighted by atomic mass is 10.1. The van der Waals surface area contributed by atoms with E-state index in [1.54, 1.807) is 6.07 Å². The van der Waals surface area contributed by atoms with Crippen LogP contribution in [0, 0.1) is 12.7 Å². The van der Waals surface area contributed by atoms with Crippen LogP contribution in [0.1, 0.15) is 38.1 Å². The van der Waals surface area contributed by atoms with E-state index in [9.17, 15) is 4.39 Å². The Balaban J connectivity index is 2.52. The molecule has 0 saturated heterocycles. The van der Waals surface area contributed by atoms with Crippen LogP contribution in [0.4, 0.5) is 10.2 Å². The van der Waals surface area contributed by atoms with Gasteiger partial charge in [-0.25, -0.2) is 9.37 Å². The summed E-state index contributed by atoms with van der Waals surface area (Å²) in [5, 5.41) is 0. The second kappa shape index (κ2) is 6.07. The van der Waals surface area contributed by atoms with Crippen molar-refractivity contribution in [1.82, 2.24) is 9.55 Å². The molecule has 0 atom stereocenters. The van der Waals surface area contributed by atoms with Crippen LogP contribution in [0.3, 0.4) is 0 Å². The zero-order chi connectivity index (χ0) is 14.7. The Labute approximate surface area is 119 Å². The molecule has 0 unspecified atom stereocenters. The van der Waals surface area contributed by atoms with E-state index in [0.29, 0.717) is 11.5 Å². The van der Waals surface area contributed by atoms with E-state index in [1.807, 2.05) is 6.92 Å². The van der Waals surface area contributed by atoms with Crippen molar-refractivity contribution < 1.29 is 4.39 Å². The summed E-state index contributed by atoms with van der Waals surface area (Å²) in [6.45, 7) is 7.03. The number of anilines is 1. The predicted octanol–water partition coefficient (Wildman–Crippen LogP) is 3.94. The van der Waals surface area contributed by atoms with Gasteiger partial charge in [0.1, 0.15) is 23.2 Å². The van der Waals surface area contributed by atoms with Gasteiger partial charge < -0.3 is 10.3 Å². The predicted molar refractivity (Wildman–Crippen MR) is 81.1 cm³/mol. The Morgan fingerprint density at radius 1 is 1.30 bits per heavy atom. The molecule has 108 valence electrons. The van der Waals surface area contributed by atoms with E-state index in [1.165, 1.54) is 12.1 Å². The molecule has 0 radical (unpaired) electrons. The Kier molecular flexibility index (Phi) is 4.42. The van der Waals surface area contributed by atoms with Crippen molar-refractivity contribution in [3.63, 3.8) is 0 Å². The number of hydrogen-bond donors (Lipinski definition) is 1. The molecule has 0 spiro atoms. The van der Waals surface area contributed by atoms with E-state index in [0.717, 1.165) is 42.8 Å². The zero-order valence-electron chi connectivity index (χ0n) is 12.4. The van der Waals surface area contributed by atoms with Gasteiger partial charge in [0.05, 0.1) is 0 Å². The Morgan fingerprint density at radius 2 is 2.05 bits per heavy atom. The van der Waals surface area contributed by atoms with E-state index in [-0.39, 0.29) is 5.82 Å². The quantitative estimate of drug-likeness (QED) is 0.898. The van der Waals surface area contributed by atoms with Gasteiger partial charge in [-0.05, 0) is 31.0 Å². The van der Waals surface area contributed by atoms with Crippen LogP contribution in [-0.2, 0) is 13.0 Å². The molecule has 2 rings (SSSR count). The summed E-state index contributed by atoms with van der Waals surface area (Å²) in [5.74, 6) is 1.35. The van der Waals surface area contributed by atoms with Gasteiger partial charge in [0.2, 0.25) is 0 Å². The zero-order valence-corrected chi connectivity index (χ0v) is 12.4. The summed E-state index contributed by atoms with van der Waals surface area (Å²) in [6, 6.07) is 4.74. The van der Waals surface area contributed by atoms with E-state index >= 15 is 0 Å². The average Bonchev–Trinajstić information content (AvgIpc) is 2.75. The normalized spacial score (nSPS) is 11.0. The minimum absolute atomic E-state index is 0.258. The second-order valence-corrected chi connectivity index (χ2v) is 5.08. The first-order valence-electron chi connectivity index (χ1n) is 7.19. The van der Waals surface area contributed by atoms with Gasteiger partial charge in [-0.1, -0.05) is 26.3 Å². The molecule has 2 aromatic rings. The topological polar surface area (TPSA) is 43.8 Å². The maximum Gasteiger partial charge on any atom is 0.131 e. The molecule has 0 saturated carbocycles. The molecular formula is C16H22FN3. The second-order valence-electron chi connectivity index (χ2n) is 5.08. The number of unbranched alkanes of at least 4 members (excludes halogenated alkanes) is 1. The van der Waals surface area contributed by atoms with Crippen molar-refractivity contribution in [3.05, 3.63) is 35.4 Å². The van der Waals surface area contributed by atoms with E-state index in [2.05, 4.69) is 23.4 Å². The summed E-state index contributed by atoms with van der Waals surface area (Å²) in [6.07, 6.45) is 2.99. The Morgan fingerprint density at radius 3 is 2.70 bits per heavy atom. The number of nitrogen functional groups attached to an aromatic ring is 1. The molecular weight excluding hydrogens is 253 g/mol. The van der Waals surface area contributed by atoms with Crippen LogP contribution in [0.2, 0.25) is 0 Å². The number of nitrogens with two attached hydrogens (primary N) is 1. The lowest BCUT2D eigenvalue weighted by molar-refractivity contribution is 0.612. The summed E-state index contributed by atoms with van der Waals surface area (Å²) in [5.41, 5.74) is 8.72. The smallest absolute Gasteiger partial charge is 0.131 e. The molecule has 0 amide bonds. The highest BCUT2D eigenvalue weighted by atomic mass is 19.1. The van der Waals surface area contributed by atoms with Crippen molar-refractivity contribution in [1.29, 1.82) is 0 Å². The fourth-order valence-corrected chi connectivity index (χ4v) is 2.40. The van der Waals surface area contributed by atoms with Crippen molar-refractivity contribution in [2.24, 2.45) is 0 Å². The number of aromatic nitrogens is 2. The average molecular weight is 275 g/mol. The van der Waals surface area contributed by atoms with Gasteiger partial charge in [-0.15, -0.1) is 0 Å². The van der Waals surface area contributed by atoms with Crippen LogP contribution >= 0.6 is 0 Å². The fourth-order valence-electron chi connectivity index (χ4n) is 2.40. The molecule has 3 nitrogen and oxygen atoms in total. The molecule has 0 fully saturated rings. The number of rotatable bonds is 5. The summed E-state index contributed by atoms with van der Waals surface area (Å²) in [4.78, 5) is 4.62. The van der Waals surface area contributed by atoms with Gasteiger partial charge >= 0.3 is 0 Å². The first-order valence-corrected chi connectivity index (χ1v) is 7.19. The molecule has 0 bridgehead atoms. The van der Waals surface area contributed by atoms with Gasteiger partial charge in [-0.2, -0.15) is 0 Å². The molecule has 1 heterocycles. The maximum absolute atomic E-state index is 13.5. The molecule has 2 N–H and O–H groups in total.